The van der Waals surface area contributed by atoms with Crippen molar-refractivity contribution in [3.63, 3.8) is 0 Å². The lowest BCUT2D eigenvalue weighted by atomic mass is 10.3. The number of hydrogen-bond acceptors (Lipinski definition) is 5. The third-order valence-electron chi connectivity index (χ3n) is 1.79. The summed E-state index contributed by atoms with van der Waals surface area (Å²) in [6.45, 7) is 3.29. The molecule has 0 atom stereocenters. The van der Waals surface area contributed by atoms with Crippen LogP contribution in [0.15, 0.2) is 4.34 Å². The third kappa shape index (κ3) is 2.19. The number of nitrogens with zero attached hydrogens (tertiary/aromatic N) is 1. The predicted octanol–water partition coefficient (Wildman–Crippen LogP) is 0.987. The first-order chi connectivity index (χ1) is 6.51. The highest BCUT2D eigenvalue weighted by atomic mass is 32.2. The molecular weight excluding hydrogens is 222 g/mol. The number of thiazole rings is 1. The summed E-state index contributed by atoms with van der Waals surface area (Å²) in [6, 6.07) is 0. The van der Waals surface area contributed by atoms with E-state index in [4.69, 9.17) is 0 Å². The Morgan fingerprint density at radius 3 is 2.64 bits per heavy atom. The summed E-state index contributed by atoms with van der Waals surface area (Å²) >= 11 is 1.09. The molecule has 0 N–H and O–H groups in total. The molecule has 14 heavy (non-hydrogen) atoms. The van der Waals surface area contributed by atoms with Gasteiger partial charge in [-0.25, -0.2) is 13.4 Å². The lowest BCUT2D eigenvalue weighted by molar-refractivity contribution is -0.107. The highest BCUT2D eigenvalue weighted by Crippen LogP contribution is 2.22. The van der Waals surface area contributed by atoms with E-state index in [0.717, 1.165) is 22.5 Å². The average Bonchev–Trinajstić information content (AvgIpc) is 2.49. The minimum absolute atomic E-state index is 0.0421. The Kier molecular flexibility index (Phi) is 3.38. The van der Waals surface area contributed by atoms with Crippen LogP contribution in [0.2, 0.25) is 0 Å². The van der Waals surface area contributed by atoms with Crippen molar-refractivity contribution in [1.29, 1.82) is 0 Å². The number of aryl methyl sites for hydroxylation is 1. The lowest BCUT2D eigenvalue weighted by Crippen LogP contribution is -2.02. The quantitative estimate of drug-likeness (QED) is 0.727. The van der Waals surface area contributed by atoms with Gasteiger partial charge in [-0.3, -0.25) is 0 Å². The van der Waals surface area contributed by atoms with Crippen LogP contribution in [0.4, 0.5) is 0 Å². The molecule has 0 bridgehead atoms. The third-order valence-corrected chi connectivity index (χ3v) is 5.16. The van der Waals surface area contributed by atoms with Crippen LogP contribution >= 0.6 is 11.3 Å². The van der Waals surface area contributed by atoms with Gasteiger partial charge in [0, 0.05) is 11.3 Å². The van der Waals surface area contributed by atoms with Crippen molar-refractivity contribution in [2.75, 3.05) is 5.75 Å². The Morgan fingerprint density at radius 1 is 1.50 bits per heavy atom. The lowest BCUT2D eigenvalue weighted by Gasteiger charge is -1.92. The fourth-order valence-corrected chi connectivity index (χ4v) is 3.35. The molecule has 0 unspecified atom stereocenters. The van der Waals surface area contributed by atoms with Crippen molar-refractivity contribution in [3.8, 4) is 0 Å². The van der Waals surface area contributed by atoms with Gasteiger partial charge in [0.2, 0.25) is 14.2 Å². The fourth-order valence-electron chi connectivity index (χ4n) is 0.923. The Labute approximate surface area is 86.9 Å². The molecule has 0 aliphatic rings. The molecule has 0 spiro atoms. The van der Waals surface area contributed by atoms with Gasteiger partial charge in [-0.05, 0) is 6.92 Å². The van der Waals surface area contributed by atoms with Crippen LogP contribution in [0.1, 0.15) is 17.5 Å². The van der Waals surface area contributed by atoms with E-state index >= 15 is 0 Å². The molecule has 1 aromatic heterocycles. The van der Waals surface area contributed by atoms with Gasteiger partial charge in [0.1, 0.15) is 6.29 Å². The molecule has 1 heterocycles. The van der Waals surface area contributed by atoms with Gasteiger partial charge in [0.05, 0.1) is 11.4 Å². The predicted molar refractivity (Wildman–Crippen MR) is 54.3 cm³/mol. The number of sulfone groups is 1. The number of aldehydes is 1. The van der Waals surface area contributed by atoms with E-state index in [2.05, 4.69) is 4.98 Å². The molecule has 0 saturated heterocycles. The summed E-state index contributed by atoms with van der Waals surface area (Å²) in [5.74, 6) is 0.0421. The largest absolute Gasteiger partial charge is 0.303 e. The van der Waals surface area contributed by atoms with E-state index in [1.807, 2.05) is 0 Å². The van der Waals surface area contributed by atoms with E-state index in [1.165, 1.54) is 0 Å². The topological polar surface area (TPSA) is 64.1 Å². The highest BCUT2D eigenvalue weighted by molar-refractivity contribution is 7.93. The molecular formula is C8H11NO3S2. The number of rotatable bonds is 4. The van der Waals surface area contributed by atoms with Gasteiger partial charge in [-0.1, -0.05) is 6.92 Å². The van der Waals surface area contributed by atoms with Gasteiger partial charge in [-0.15, -0.1) is 11.3 Å². The smallest absolute Gasteiger partial charge is 0.209 e. The van der Waals surface area contributed by atoms with Crippen LogP contribution in [-0.4, -0.2) is 25.4 Å². The Hall–Kier alpha value is -0.750. The Balaban J connectivity index is 3.14. The molecule has 1 rings (SSSR count). The van der Waals surface area contributed by atoms with Gasteiger partial charge in [-0.2, -0.15) is 0 Å². The van der Waals surface area contributed by atoms with E-state index in [1.54, 1.807) is 13.8 Å². The number of carbonyl (C=O) groups is 1. The van der Waals surface area contributed by atoms with E-state index < -0.39 is 9.84 Å². The molecule has 0 aliphatic heterocycles. The first kappa shape index (κ1) is 11.3. The Morgan fingerprint density at radius 2 is 2.14 bits per heavy atom. The minimum Gasteiger partial charge on any atom is -0.303 e. The second-order valence-electron chi connectivity index (χ2n) is 2.76. The molecule has 1 aromatic rings. The summed E-state index contributed by atoms with van der Waals surface area (Å²) in [6.07, 6.45) is 0.992. The SMILES string of the molecule is CCS(=O)(=O)c1nc(C)c(CC=O)s1. The summed E-state index contributed by atoms with van der Waals surface area (Å²) in [5.41, 5.74) is 0.633. The first-order valence-electron chi connectivity index (χ1n) is 4.14. The van der Waals surface area contributed by atoms with E-state index in [0.29, 0.717) is 5.69 Å². The highest BCUT2D eigenvalue weighted by Gasteiger charge is 2.18. The van der Waals surface area contributed by atoms with Gasteiger partial charge < -0.3 is 4.79 Å². The average molecular weight is 233 g/mol. The number of hydrogen-bond donors (Lipinski definition) is 0. The van der Waals surface area contributed by atoms with Crippen molar-refractivity contribution < 1.29 is 13.2 Å². The van der Waals surface area contributed by atoms with Crippen molar-refractivity contribution in [2.24, 2.45) is 0 Å². The molecule has 78 valence electrons. The fraction of sp³-hybridized carbons (Fsp3) is 0.500. The zero-order chi connectivity index (χ0) is 10.8. The number of carbonyl (C=O) groups excluding carboxylic acids is 1. The zero-order valence-corrected chi connectivity index (χ0v) is 9.61. The second kappa shape index (κ2) is 4.18. The molecule has 0 radical (unpaired) electrons. The van der Waals surface area contributed by atoms with Crippen LogP contribution in [0.5, 0.6) is 0 Å². The first-order valence-corrected chi connectivity index (χ1v) is 6.60. The molecule has 0 amide bonds. The molecule has 0 saturated carbocycles. The maximum atomic E-state index is 11.4. The summed E-state index contributed by atoms with van der Waals surface area (Å²) in [5, 5.41) is 0. The maximum absolute atomic E-state index is 11.4. The van der Waals surface area contributed by atoms with Crippen LogP contribution in [-0.2, 0) is 21.1 Å². The van der Waals surface area contributed by atoms with Gasteiger partial charge in [0.15, 0.2) is 0 Å². The Bertz CT molecular complexity index is 433. The number of aromatic nitrogens is 1. The van der Waals surface area contributed by atoms with Crippen molar-refractivity contribution in [2.45, 2.75) is 24.6 Å². The van der Waals surface area contributed by atoms with E-state index in [9.17, 15) is 13.2 Å². The standard InChI is InChI=1S/C8H11NO3S2/c1-3-14(11,12)8-9-6(2)7(13-8)4-5-10/h5H,3-4H2,1-2H3. The van der Waals surface area contributed by atoms with Crippen LogP contribution in [0.25, 0.3) is 0 Å². The molecule has 6 heteroatoms. The minimum atomic E-state index is -3.23. The summed E-state index contributed by atoms with van der Waals surface area (Å²) < 4.78 is 23.0. The van der Waals surface area contributed by atoms with Gasteiger partial charge in [0.25, 0.3) is 0 Å². The normalized spacial score (nSPS) is 11.6. The van der Waals surface area contributed by atoms with Crippen LogP contribution in [0.3, 0.4) is 0 Å². The molecule has 0 aromatic carbocycles. The monoisotopic (exact) mass is 233 g/mol. The molecule has 0 fully saturated rings. The van der Waals surface area contributed by atoms with E-state index in [-0.39, 0.29) is 16.5 Å². The second-order valence-corrected chi connectivity index (χ2v) is 6.30. The van der Waals surface area contributed by atoms with Crippen molar-refractivity contribution >= 4 is 27.5 Å². The molecule has 4 nitrogen and oxygen atoms in total. The van der Waals surface area contributed by atoms with Crippen molar-refractivity contribution in [3.05, 3.63) is 10.6 Å². The van der Waals surface area contributed by atoms with Crippen LogP contribution in [0, 0.1) is 6.92 Å². The van der Waals surface area contributed by atoms with Gasteiger partial charge >= 0.3 is 0 Å². The zero-order valence-electron chi connectivity index (χ0n) is 7.98. The summed E-state index contributed by atoms with van der Waals surface area (Å²) in [7, 11) is -3.23. The van der Waals surface area contributed by atoms with Crippen LogP contribution < -0.4 is 0 Å². The maximum Gasteiger partial charge on any atom is 0.209 e. The summed E-state index contributed by atoms with van der Waals surface area (Å²) in [4.78, 5) is 15.0. The van der Waals surface area contributed by atoms with Crippen molar-refractivity contribution in [1.82, 2.24) is 4.98 Å². The molecule has 0 aliphatic carbocycles.